The van der Waals surface area contributed by atoms with Gasteiger partial charge in [0.2, 0.25) is 0 Å². The number of para-hydroxylation sites is 1. The zero-order chi connectivity index (χ0) is 18.6. The van der Waals surface area contributed by atoms with Crippen LogP contribution in [0.3, 0.4) is 0 Å². The van der Waals surface area contributed by atoms with E-state index in [1.807, 2.05) is 60.8 Å². The highest BCUT2D eigenvalue weighted by Crippen LogP contribution is 2.31. The molecule has 3 aromatic carbocycles. The summed E-state index contributed by atoms with van der Waals surface area (Å²) in [6, 6.07) is 25.9. The third-order valence-corrected chi connectivity index (χ3v) is 5.30. The third kappa shape index (κ3) is 3.81. The molecule has 4 aromatic rings. The van der Waals surface area contributed by atoms with Crippen molar-refractivity contribution < 1.29 is 4.79 Å². The Morgan fingerprint density at radius 1 is 0.926 bits per heavy atom. The number of rotatable bonds is 5. The number of amides is 1. The summed E-state index contributed by atoms with van der Waals surface area (Å²) in [6.07, 6.45) is 2.05. The summed E-state index contributed by atoms with van der Waals surface area (Å²) < 4.78 is 1.04. The molecule has 3 nitrogen and oxygen atoms in total. The monoisotopic (exact) mass is 418 g/mol. The quantitative estimate of drug-likeness (QED) is 0.441. The first-order valence-corrected chi connectivity index (χ1v) is 9.66. The molecule has 1 aromatic heterocycles. The van der Waals surface area contributed by atoms with Gasteiger partial charge >= 0.3 is 0 Å². The van der Waals surface area contributed by atoms with Crippen molar-refractivity contribution >= 4 is 32.7 Å². The Labute approximate surface area is 166 Å². The minimum atomic E-state index is -0.0578. The number of H-pyrrole nitrogens is 1. The number of carbonyl (C=O) groups is 1. The number of aromatic amines is 1. The summed E-state index contributed by atoms with van der Waals surface area (Å²) >= 11 is 3.50. The number of carbonyl (C=O) groups excluding carboxylic acids is 1. The molecule has 0 aliphatic heterocycles. The molecule has 4 heteroatoms. The first kappa shape index (κ1) is 17.6. The van der Waals surface area contributed by atoms with E-state index in [4.69, 9.17) is 0 Å². The molecule has 134 valence electrons. The van der Waals surface area contributed by atoms with Crippen molar-refractivity contribution in [2.75, 3.05) is 6.54 Å². The number of aromatic nitrogens is 1. The van der Waals surface area contributed by atoms with Gasteiger partial charge in [-0.15, -0.1) is 0 Å². The van der Waals surface area contributed by atoms with Crippen molar-refractivity contribution in [3.63, 3.8) is 0 Å². The highest BCUT2D eigenvalue weighted by atomic mass is 79.9. The molecule has 0 unspecified atom stereocenters. The Balaban J connectivity index is 1.66. The zero-order valence-corrected chi connectivity index (χ0v) is 16.2. The molecule has 0 saturated carbocycles. The van der Waals surface area contributed by atoms with Crippen LogP contribution in [0.2, 0.25) is 0 Å². The molecule has 0 bridgehead atoms. The van der Waals surface area contributed by atoms with Crippen LogP contribution in [-0.2, 0) is 0 Å². The number of nitrogens with one attached hydrogen (secondary N) is 2. The third-order valence-electron chi connectivity index (χ3n) is 4.77. The molecule has 27 heavy (non-hydrogen) atoms. The SMILES string of the molecule is O=C(NC[C@H](c1ccc(Br)cc1)c1c[nH]c2ccccc12)c1ccccc1. The molecule has 0 spiro atoms. The molecule has 1 atom stereocenters. The molecule has 0 saturated heterocycles. The highest BCUT2D eigenvalue weighted by Gasteiger charge is 2.19. The summed E-state index contributed by atoms with van der Waals surface area (Å²) in [5.74, 6) is -0.000495. The lowest BCUT2D eigenvalue weighted by molar-refractivity contribution is 0.0952. The summed E-state index contributed by atoms with van der Waals surface area (Å²) in [5.41, 5.74) is 4.12. The Bertz CT molecular complexity index is 1050. The second-order valence-electron chi connectivity index (χ2n) is 6.47. The maximum Gasteiger partial charge on any atom is 0.251 e. The average molecular weight is 419 g/mol. The van der Waals surface area contributed by atoms with Gasteiger partial charge in [-0.25, -0.2) is 0 Å². The van der Waals surface area contributed by atoms with Crippen LogP contribution in [0.15, 0.2) is 89.5 Å². The largest absolute Gasteiger partial charge is 0.361 e. The van der Waals surface area contributed by atoms with Gasteiger partial charge in [-0.1, -0.05) is 64.5 Å². The number of fused-ring (bicyclic) bond motifs is 1. The Kier molecular flexibility index (Phi) is 5.07. The van der Waals surface area contributed by atoms with Crippen LogP contribution in [0.25, 0.3) is 10.9 Å². The Hall–Kier alpha value is -2.85. The topological polar surface area (TPSA) is 44.9 Å². The van der Waals surface area contributed by atoms with Crippen molar-refractivity contribution in [3.8, 4) is 0 Å². The lowest BCUT2D eigenvalue weighted by Gasteiger charge is -2.18. The van der Waals surface area contributed by atoms with Gasteiger partial charge in [0, 0.05) is 39.6 Å². The lowest BCUT2D eigenvalue weighted by Crippen LogP contribution is -2.28. The van der Waals surface area contributed by atoms with Crippen molar-refractivity contribution in [3.05, 3.63) is 106 Å². The van der Waals surface area contributed by atoms with E-state index in [0.717, 1.165) is 15.6 Å². The first-order chi connectivity index (χ1) is 13.2. The summed E-state index contributed by atoms with van der Waals surface area (Å²) in [7, 11) is 0. The fourth-order valence-corrected chi connectivity index (χ4v) is 3.64. The van der Waals surface area contributed by atoms with Gasteiger partial charge in [0.1, 0.15) is 0 Å². The molecule has 0 fully saturated rings. The van der Waals surface area contributed by atoms with Crippen LogP contribution in [0.1, 0.15) is 27.4 Å². The normalized spacial score (nSPS) is 12.0. The van der Waals surface area contributed by atoms with Crippen LogP contribution >= 0.6 is 15.9 Å². The summed E-state index contributed by atoms with van der Waals surface area (Å²) in [6.45, 7) is 0.525. The molecular weight excluding hydrogens is 400 g/mol. The second-order valence-corrected chi connectivity index (χ2v) is 7.39. The lowest BCUT2D eigenvalue weighted by atomic mass is 9.91. The van der Waals surface area contributed by atoms with Gasteiger partial charge in [-0.3, -0.25) is 4.79 Å². The van der Waals surface area contributed by atoms with E-state index in [0.29, 0.717) is 12.1 Å². The van der Waals surface area contributed by atoms with Gasteiger partial charge in [0.05, 0.1) is 0 Å². The number of benzene rings is 3. The van der Waals surface area contributed by atoms with Gasteiger partial charge < -0.3 is 10.3 Å². The summed E-state index contributed by atoms with van der Waals surface area (Å²) in [4.78, 5) is 15.9. The number of hydrogen-bond acceptors (Lipinski definition) is 1. The molecule has 1 heterocycles. The predicted octanol–water partition coefficient (Wildman–Crippen LogP) is 5.49. The van der Waals surface area contributed by atoms with Gasteiger partial charge in [-0.05, 0) is 41.5 Å². The highest BCUT2D eigenvalue weighted by molar-refractivity contribution is 9.10. The van der Waals surface area contributed by atoms with Gasteiger partial charge in [-0.2, -0.15) is 0 Å². The minimum Gasteiger partial charge on any atom is -0.361 e. The van der Waals surface area contributed by atoms with E-state index < -0.39 is 0 Å². The fourth-order valence-electron chi connectivity index (χ4n) is 3.37. The molecule has 0 aliphatic carbocycles. The van der Waals surface area contributed by atoms with E-state index in [9.17, 15) is 4.79 Å². The van der Waals surface area contributed by atoms with Crippen molar-refractivity contribution in [2.45, 2.75) is 5.92 Å². The Morgan fingerprint density at radius 3 is 2.41 bits per heavy atom. The van der Waals surface area contributed by atoms with Crippen LogP contribution < -0.4 is 5.32 Å². The molecular formula is C23H19BrN2O. The standard InChI is InChI=1S/C23H19BrN2O/c24-18-12-10-16(11-13-18)20(14-26-23(27)17-6-2-1-3-7-17)21-15-25-22-9-5-4-8-19(21)22/h1-13,15,20,25H,14H2,(H,26,27)/t20-/m1/s1. The van der Waals surface area contributed by atoms with E-state index in [2.05, 4.69) is 50.5 Å². The smallest absolute Gasteiger partial charge is 0.251 e. The van der Waals surface area contributed by atoms with E-state index in [1.165, 1.54) is 10.9 Å². The Morgan fingerprint density at radius 2 is 1.63 bits per heavy atom. The van der Waals surface area contributed by atoms with E-state index in [-0.39, 0.29) is 11.8 Å². The van der Waals surface area contributed by atoms with Gasteiger partial charge in [0.25, 0.3) is 5.91 Å². The maximum atomic E-state index is 12.5. The van der Waals surface area contributed by atoms with Crippen molar-refractivity contribution in [1.29, 1.82) is 0 Å². The van der Waals surface area contributed by atoms with Crippen LogP contribution in [0.4, 0.5) is 0 Å². The van der Waals surface area contributed by atoms with E-state index in [1.54, 1.807) is 0 Å². The number of halogens is 1. The van der Waals surface area contributed by atoms with Crippen LogP contribution in [-0.4, -0.2) is 17.4 Å². The van der Waals surface area contributed by atoms with E-state index >= 15 is 0 Å². The fraction of sp³-hybridized carbons (Fsp3) is 0.0870. The molecule has 0 aliphatic rings. The predicted molar refractivity (Wildman–Crippen MR) is 113 cm³/mol. The first-order valence-electron chi connectivity index (χ1n) is 8.87. The molecule has 0 radical (unpaired) electrons. The maximum absolute atomic E-state index is 12.5. The average Bonchev–Trinajstić information content (AvgIpc) is 3.14. The van der Waals surface area contributed by atoms with Crippen LogP contribution in [0, 0.1) is 0 Å². The van der Waals surface area contributed by atoms with Gasteiger partial charge in [0.15, 0.2) is 0 Å². The molecule has 4 rings (SSSR count). The second kappa shape index (κ2) is 7.80. The zero-order valence-electron chi connectivity index (χ0n) is 14.7. The summed E-state index contributed by atoms with van der Waals surface area (Å²) in [5, 5.41) is 4.28. The number of hydrogen-bond donors (Lipinski definition) is 2. The molecule has 2 N–H and O–H groups in total. The van der Waals surface area contributed by atoms with Crippen molar-refractivity contribution in [2.24, 2.45) is 0 Å². The molecule has 1 amide bonds. The minimum absolute atomic E-state index is 0.0573. The van der Waals surface area contributed by atoms with Crippen molar-refractivity contribution in [1.82, 2.24) is 10.3 Å². The van der Waals surface area contributed by atoms with Crippen LogP contribution in [0.5, 0.6) is 0 Å².